The van der Waals surface area contributed by atoms with E-state index in [4.69, 9.17) is 33.5 Å². The molecule has 1 unspecified atom stereocenters. The van der Waals surface area contributed by atoms with Crippen molar-refractivity contribution in [3.8, 4) is 11.5 Å². The molecule has 17 heavy (non-hydrogen) atoms. The quantitative estimate of drug-likeness (QED) is 0.939. The number of aromatic nitrogens is 2. The molecule has 0 saturated heterocycles. The molecular formula is C10H9Cl2N3OS. The first kappa shape index (κ1) is 11.5. The standard InChI is InChI=1S/C10H9Cl2N3OS/c11-6-3-5(8(12)17-6)10-14-9(15-16-10)7(13)4-1-2-4/h3-4,7H,1-2,13H2. The molecule has 1 saturated carbocycles. The SMILES string of the molecule is NC(c1noc(-c2cc(Cl)sc2Cl)n1)C1CC1. The van der Waals surface area contributed by atoms with Crippen LogP contribution in [0.3, 0.4) is 0 Å². The first-order chi connectivity index (χ1) is 8.15. The molecule has 7 heteroatoms. The molecule has 1 aliphatic carbocycles. The molecule has 2 aromatic heterocycles. The number of hydrogen-bond donors (Lipinski definition) is 1. The predicted octanol–water partition coefficient (Wildman–Crippen LogP) is 3.51. The summed E-state index contributed by atoms with van der Waals surface area (Å²) in [6.45, 7) is 0. The minimum Gasteiger partial charge on any atom is -0.334 e. The molecule has 1 aliphatic rings. The third-order valence-electron chi connectivity index (χ3n) is 2.76. The van der Waals surface area contributed by atoms with E-state index in [9.17, 15) is 0 Å². The van der Waals surface area contributed by atoms with Gasteiger partial charge in [0, 0.05) is 0 Å². The highest BCUT2D eigenvalue weighted by Crippen LogP contribution is 2.40. The van der Waals surface area contributed by atoms with Crippen LogP contribution in [-0.4, -0.2) is 10.1 Å². The van der Waals surface area contributed by atoms with Crippen molar-refractivity contribution in [1.82, 2.24) is 10.1 Å². The van der Waals surface area contributed by atoms with Gasteiger partial charge < -0.3 is 10.3 Å². The zero-order valence-electron chi connectivity index (χ0n) is 8.69. The summed E-state index contributed by atoms with van der Waals surface area (Å²) in [6, 6.07) is 1.58. The summed E-state index contributed by atoms with van der Waals surface area (Å²) in [5.41, 5.74) is 6.66. The van der Waals surface area contributed by atoms with Crippen molar-refractivity contribution in [1.29, 1.82) is 0 Å². The van der Waals surface area contributed by atoms with Crippen LogP contribution in [0.15, 0.2) is 10.6 Å². The summed E-state index contributed by atoms with van der Waals surface area (Å²) < 4.78 is 6.31. The van der Waals surface area contributed by atoms with E-state index in [1.165, 1.54) is 11.3 Å². The summed E-state index contributed by atoms with van der Waals surface area (Å²) in [4.78, 5) is 4.28. The van der Waals surface area contributed by atoms with E-state index >= 15 is 0 Å². The highest BCUT2D eigenvalue weighted by atomic mass is 35.5. The molecular weight excluding hydrogens is 281 g/mol. The van der Waals surface area contributed by atoms with Crippen LogP contribution in [0.1, 0.15) is 24.7 Å². The van der Waals surface area contributed by atoms with E-state index < -0.39 is 0 Å². The Balaban J connectivity index is 1.91. The van der Waals surface area contributed by atoms with E-state index in [1.807, 2.05) is 0 Å². The highest BCUT2D eigenvalue weighted by molar-refractivity contribution is 7.20. The number of halogens is 2. The van der Waals surface area contributed by atoms with Crippen molar-refractivity contribution in [3.63, 3.8) is 0 Å². The summed E-state index contributed by atoms with van der Waals surface area (Å²) in [6.07, 6.45) is 2.27. The van der Waals surface area contributed by atoms with Crippen LogP contribution >= 0.6 is 34.5 Å². The van der Waals surface area contributed by atoms with Crippen LogP contribution in [-0.2, 0) is 0 Å². The van der Waals surface area contributed by atoms with Gasteiger partial charge in [-0.15, -0.1) is 11.3 Å². The number of hydrogen-bond acceptors (Lipinski definition) is 5. The van der Waals surface area contributed by atoms with Crippen molar-refractivity contribution in [2.24, 2.45) is 11.7 Å². The van der Waals surface area contributed by atoms with Crippen LogP contribution in [0, 0.1) is 5.92 Å². The highest BCUT2D eigenvalue weighted by Gasteiger charge is 2.33. The van der Waals surface area contributed by atoms with Crippen LogP contribution < -0.4 is 5.73 Å². The Morgan fingerprint density at radius 1 is 1.47 bits per heavy atom. The molecule has 1 atom stereocenters. The molecule has 2 N–H and O–H groups in total. The molecule has 0 spiro atoms. The van der Waals surface area contributed by atoms with Crippen molar-refractivity contribution < 1.29 is 4.52 Å². The monoisotopic (exact) mass is 289 g/mol. The molecule has 0 bridgehead atoms. The predicted molar refractivity (Wildman–Crippen MR) is 67.3 cm³/mol. The van der Waals surface area contributed by atoms with Gasteiger partial charge in [0.15, 0.2) is 5.82 Å². The van der Waals surface area contributed by atoms with Gasteiger partial charge in [-0.25, -0.2) is 0 Å². The Hall–Kier alpha value is -0.620. The Kier molecular flexibility index (Phi) is 2.86. The van der Waals surface area contributed by atoms with Crippen LogP contribution in [0.5, 0.6) is 0 Å². The van der Waals surface area contributed by atoms with Crippen molar-refractivity contribution in [3.05, 3.63) is 20.6 Å². The zero-order valence-corrected chi connectivity index (χ0v) is 11.0. The first-order valence-electron chi connectivity index (χ1n) is 5.19. The van der Waals surface area contributed by atoms with E-state index in [0.29, 0.717) is 31.9 Å². The van der Waals surface area contributed by atoms with Gasteiger partial charge >= 0.3 is 0 Å². The van der Waals surface area contributed by atoms with E-state index in [0.717, 1.165) is 12.8 Å². The molecule has 2 heterocycles. The second kappa shape index (κ2) is 4.24. The third-order valence-corrected chi connectivity index (χ3v) is 4.24. The van der Waals surface area contributed by atoms with Gasteiger partial charge in [0.05, 0.1) is 15.9 Å². The van der Waals surface area contributed by atoms with Gasteiger partial charge in [0.1, 0.15) is 4.34 Å². The second-order valence-corrected chi connectivity index (χ2v) is 6.34. The molecule has 1 fully saturated rings. The normalized spacial score (nSPS) is 17.4. The lowest BCUT2D eigenvalue weighted by Crippen LogP contribution is -2.13. The number of nitrogens with zero attached hydrogens (tertiary/aromatic N) is 2. The molecule has 3 rings (SSSR count). The molecule has 0 amide bonds. The lowest BCUT2D eigenvalue weighted by molar-refractivity contribution is 0.411. The summed E-state index contributed by atoms with van der Waals surface area (Å²) >= 11 is 13.2. The molecule has 2 aromatic rings. The lowest BCUT2D eigenvalue weighted by Gasteiger charge is -2.01. The van der Waals surface area contributed by atoms with Crippen molar-refractivity contribution in [2.45, 2.75) is 18.9 Å². The largest absolute Gasteiger partial charge is 0.334 e. The van der Waals surface area contributed by atoms with Gasteiger partial charge in [0.2, 0.25) is 0 Å². The number of rotatable bonds is 3. The average molecular weight is 290 g/mol. The summed E-state index contributed by atoms with van der Waals surface area (Å²) in [5.74, 6) is 1.41. The Labute approximate surface area is 112 Å². The maximum absolute atomic E-state index is 6.02. The summed E-state index contributed by atoms with van der Waals surface area (Å²) in [5, 5.41) is 3.90. The van der Waals surface area contributed by atoms with Crippen LogP contribution in [0.25, 0.3) is 11.5 Å². The number of thiophene rings is 1. The van der Waals surface area contributed by atoms with Crippen LogP contribution in [0.4, 0.5) is 0 Å². The fraction of sp³-hybridized carbons (Fsp3) is 0.400. The third kappa shape index (κ3) is 2.20. The Morgan fingerprint density at radius 3 is 2.82 bits per heavy atom. The smallest absolute Gasteiger partial charge is 0.260 e. The van der Waals surface area contributed by atoms with E-state index in [2.05, 4.69) is 10.1 Å². The Bertz CT molecular complexity index is 549. The average Bonchev–Trinajstić information content (AvgIpc) is 2.93. The van der Waals surface area contributed by atoms with Crippen molar-refractivity contribution in [2.75, 3.05) is 0 Å². The van der Waals surface area contributed by atoms with E-state index in [-0.39, 0.29) is 6.04 Å². The zero-order chi connectivity index (χ0) is 12.0. The molecule has 0 aromatic carbocycles. The van der Waals surface area contributed by atoms with E-state index in [1.54, 1.807) is 6.07 Å². The molecule has 0 aliphatic heterocycles. The fourth-order valence-electron chi connectivity index (χ4n) is 1.63. The number of nitrogens with two attached hydrogens (primary N) is 1. The van der Waals surface area contributed by atoms with Gasteiger partial charge in [-0.2, -0.15) is 4.98 Å². The van der Waals surface area contributed by atoms with Gasteiger partial charge in [-0.1, -0.05) is 28.4 Å². The summed E-state index contributed by atoms with van der Waals surface area (Å²) in [7, 11) is 0. The topological polar surface area (TPSA) is 64.9 Å². The molecule has 4 nitrogen and oxygen atoms in total. The molecule has 0 radical (unpaired) electrons. The first-order valence-corrected chi connectivity index (χ1v) is 6.77. The van der Waals surface area contributed by atoms with Gasteiger partial charge in [-0.05, 0) is 24.8 Å². The lowest BCUT2D eigenvalue weighted by atomic mass is 10.2. The van der Waals surface area contributed by atoms with Gasteiger partial charge in [-0.3, -0.25) is 0 Å². The van der Waals surface area contributed by atoms with Crippen LogP contribution in [0.2, 0.25) is 8.67 Å². The maximum Gasteiger partial charge on any atom is 0.260 e. The Morgan fingerprint density at radius 2 is 2.24 bits per heavy atom. The maximum atomic E-state index is 6.02. The second-order valence-electron chi connectivity index (χ2n) is 4.06. The fourth-order valence-corrected chi connectivity index (χ4v) is 3.08. The molecule has 90 valence electrons. The van der Waals surface area contributed by atoms with Crippen molar-refractivity contribution >= 4 is 34.5 Å². The van der Waals surface area contributed by atoms with Gasteiger partial charge in [0.25, 0.3) is 5.89 Å². The minimum absolute atomic E-state index is 0.139. The minimum atomic E-state index is -0.139.